The number of nitrogens with zero attached hydrogens (tertiary/aromatic N) is 1. The zero-order valence-electron chi connectivity index (χ0n) is 13.4. The molecule has 138 valence electrons. The highest BCUT2D eigenvalue weighted by atomic mass is 32.2. The normalized spacial score (nSPS) is 11.2. The zero-order chi connectivity index (χ0) is 19.6. The molecule has 0 amide bonds. The lowest BCUT2D eigenvalue weighted by atomic mass is 10.1. The zero-order valence-corrected chi connectivity index (χ0v) is 15.1. The molecule has 0 aliphatic carbocycles. The Balaban J connectivity index is 2.65. The summed E-state index contributed by atoms with van der Waals surface area (Å²) in [6.07, 6.45) is 0.856. The van der Waals surface area contributed by atoms with Gasteiger partial charge in [0.05, 0.1) is 22.4 Å². The van der Waals surface area contributed by atoms with E-state index in [4.69, 9.17) is 0 Å². The standard InChI is InChI=1S/C15H12F2N2O5S2/c1-8(20)10-6-12(18-26(2,23)24)15(7-13(10)19(21)22)25-14-4-3-9(16)5-11(14)17/h3-7,18H,1-2H3. The van der Waals surface area contributed by atoms with Gasteiger partial charge < -0.3 is 0 Å². The van der Waals surface area contributed by atoms with Crippen molar-refractivity contribution in [1.29, 1.82) is 0 Å². The number of hydrogen-bond acceptors (Lipinski definition) is 6. The molecule has 26 heavy (non-hydrogen) atoms. The van der Waals surface area contributed by atoms with Gasteiger partial charge in [0.15, 0.2) is 5.78 Å². The molecule has 0 aliphatic heterocycles. The lowest BCUT2D eigenvalue weighted by Crippen LogP contribution is -2.12. The van der Waals surface area contributed by atoms with Gasteiger partial charge >= 0.3 is 0 Å². The topological polar surface area (TPSA) is 106 Å². The number of nitrogens with one attached hydrogen (secondary N) is 1. The van der Waals surface area contributed by atoms with Crippen LogP contribution in [-0.4, -0.2) is 25.4 Å². The fraction of sp³-hybridized carbons (Fsp3) is 0.133. The first-order valence-corrected chi connectivity index (χ1v) is 9.63. The summed E-state index contributed by atoms with van der Waals surface area (Å²) in [6, 6.07) is 4.73. The Morgan fingerprint density at radius 1 is 1.19 bits per heavy atom. The number of nitro benzene ring substituents is 1. The van der Waals surface area contributed by atoms with Gasteiger partial charge in [0.2, 0.25) is 10.0 Å². The first-order valence-electron chi connectivity index (χ1n) is 6.92. The second-order valence-corrected chi connectivity index (χ2v) is 8.06. The number of carbonyl (C=O) groups excluding carboxylic acids is 1. The van der Waals surface area contributed by atoms with Crippen molar-refractivity contribution in [3.05, 3.63) is 57.6 Å². The maximum atomic E-state index is 13.9. The summed E-state index contributed by atoms with van der Waals surface area (Å²) >= 11 is 0.658. The monoisotopic (exact) mass is 402 g/mol. The van der Waals surface area contributed by atoms with Crippen LogP contribution in [-0.2, 0) is 10.0 Å². The first-order chi connectivity index (χ1) is 12.0. The van der Waals surface area contributed by atoms with E-state index in [9.17, 15) is 32.1 Å². The SMILES string of the molecule is CC(=O)c1cc(NS(C)(=O)=O)c(Sc2ccc(F)cc2F)cc1[N+](=O)[O-]. The Morgan fingerprint density at radius 3 is 2.35 bits per heavy atom. The van der Waals surface area contributed by atoms with Crippen molar-refractivity contribution < 1.29 is 26.9 Å². The van der Waals surface area contributed by atoms with Crippen LogP contribution in [0.25, 0.3) is 0 Å². The number of hydrogen-bond donors (Lipinski definition) is 1. The molecule has 0 aromatic heterocycles. The highest BCUT2D eigenvalue weighted by Crippen LogP contribution is 2.39. The molecule has 0 saturated carbocycles. The summed E-state index contributed by atoms with van der Waals surface area (Å²) in [5, 5.41) is 11.2. The van der Waals surface area contributed by atoms with E-state index < -0.39 is 38.1 Å². The van der Waals surface area contributed by atoms with Crippen LogP contribution >= 0.6 is 11.8 Å². The van der Waals surface area contributed by atoms with E-state index in [0.29, 0.717) is 17.8 Å². The maximum Gasteiger partial charge on any atom is 0.281 e. The van der Waals surface area contributed by atoms with E-state index >= 15 is 0 Å². The molecule has 0 aliphatic rings. The molecule has 0 heterocycles. The van der Waals surface area contributed by atoms with E-state index in [1.54, 1.807) is 0 Å². The summed E-state index contributed by atoms with van der Waals surface area (Å²) in [7, 11) is -3.78. The Labute approximate surface area is 151 Å². The van der Waals surface area contributed by atoms with E-state index in [2.05, 4.69) is 4.72 Å². The average molecular weight is 402 g/mol. The predicted molar refractivity (Wildman–Crippen MR) is 92.0 cm³/mol. The van der Waals surface area contributed by atoms with Crippen LogP contribution in [0, 0.1) is 21.7 Å². The Morgan fingerprint density at radius 2 is 1.85 bits per heavy atom. The van der Waals surface area contributed by atoms with Crippen LogP contribution in [0.4, 0.5) is 20.2 Å². The molecule has 0 bridgehead atoms. The van der Waals surface area contributed by atoms with Crippen LogP contribution in [0.5, 0.6) is 0 Å². The number of nitro groups is 1. The predicted octanol–water partition coefficient (Wildman–Crippen LogP) is 3.60. The molecule has 2 rings (SSSR count). The molecule has 0 unspecified atom stereocenters. The van der Waals surface area contributed by atoms with Crippen molar-refractivity contribution in [3.63, 3.8) is 0 Å². The second kappa shape index (κ2) is 7.38. The van der Waals surface area contributed by atoms with Gasteiger partial charge in [0.1, 0.15) is 11.6 Å². The first kappa shape index (κ1) is 19.8. The molecule has 0 spiro atoms. The molecule has 2 aromatic carbocycles. The van der Waals surface area contributed by atoms with Gasteiger partial charge in [0.25, 0.3) is 5.69 Å². The van der Waals surface area contributed by atoms with Crippen molar-refractivity contribution in [2.24, 2.45) is 0 Å². The third-order valence-electron chi connectivity index (χ3n) is 3.08. The third-order valence-corrected chi connectivity index (χ3v) is 4.78. The summed E-state index contributed by atoms with van der Waals surface area (Å²) in [6.45, 7) is 1.10. The van der Waals surface area contributed by atoms with Gasteiger partial charge in [-0.25, -0.2) is 17.2 Å². The van der Waals surface area contributed by atoms with Gasteiger partial charge in [-0.3, -0.25) is 19.6 Å². The Kier molecular flexibility index (Phi) is 5.62. The van der Waals surface area contributed by atoms with Gasteiger partial charge in [0, 0.05) is 21.9 Å². The van der Waals surface area contributed by atoms with E-state index in [1.807, 2.05) is 0 Å². The molecular formula is C15H12F2N2O5S2. The van der Waals surface area contributed by atoms with Crippen LogP contribution in [0.3, 0.4) is 0 Å². The van der Waals surface area contributed by atoms with E-state index in [1.165, 1.54) is 0 Å². The molecule has 0 radical (unpaired) electrons. The lowest BCUT2D eigenvalue weighted by Gasteiger charge is -2.13. The van der Waals surface area contributed by atoms with Crippen molar-refractivity contribution in [2.45, 2.75) is 16.7 Å². The molecule has 1 N–H and O–H groups in total. The number of Topliss-reactive ketones (excluding diaryl/α,β-unsaturated/α-hetero) is 1. The summed E-state index contributed by atoms with van der Waals surface area (Å²) in [4.78, 5) is 22.0. The molecule has 7 nitrogen and oxygen atoms in total. The summed E-state index contributed by atoms with van der Waals surface area (Å²) in [5.41, 5.74) is -0.983. The number of carbonyl (C=O) groups is 1. The van der Waals surface area contributed by atoms with Crippen molar-refractivity contribution in [3.8, 4) is 0 Å². The smallest absolute Gasteiger partial charge is 0.281 e. The van der Waals surface area contributed by atoms with E-state index in [0.717, 1.165) is 37.4 Å². The average Bonchev–Trinajstić information content (AvgIpc) is 2.49. The van der Waals surface area contributed by atoms with Crippen molar-refractivity contribution in [1.82, 2.24) is 0 Å². The number of halogens is 2. The summed E-state index contributed by atoms with van der Waals surface area (Å²) < 4.78 is 52.2. The minimum absolute atomic E-state index is 0.0161. The molecule has 11 heteroatoms. The summed E-state index contributed by atoms with van der Waals surface area (Å²) in [5.74, 6) is -2.37. The minimum atomic E-state index is -3.78. The number of anilines is 1. The Hall–Kier alpha value is -2.53. The fourth-order valence-corrected chi connectivity index (χ4v) is 3.60. The minimum Gasteiger partial charge on any atom is -0.294 e. The molecule has 0 saturated heterocycles. The third kappa shape index (κ3) is 4.76. The number of sulfonamides is 1. The highest BCUT2D eigenvalue weighted by molar-refractivity contribution is 7.99. The van der Waals surface area contributed by atoms with Gasteiger partial charge in [-0.15, -0.1) is 0 Å². The lowest BCUT2D eigenvalue weighted by molar-refractivity contribution is -0.385. The highest BCUT2D eigenvalue weighted by Gasteiger charge is 2.23. The fourth-order valence-electron chi connectivity index (χ4n) is 2.04. The van der Waals surface area contributed by atoms with Crippen LogP contribution in [0.1, 0.15) is 17.3 Å². The molecule has 2 aromatic rings. The van der Waals surface area contributed by atoms with Crippen molar-refractivity contribution >= 4 is 38.9 Å². The molecule has 0 atom stereocenters. The maximum absolute atomic E-state index is 13.9. The molecule has 0 fully saturated rings. The largest absolute Gasteiger partial charge is 0.294 e. The number of rotatable bonds is 6. The number of benzene rings is 2. The second-order valence-electron chi connectivity index (χ2n) is 5.23. The Bertz CT molecular complexity index is 1010. The quantitative estimate of drug-likeness (QED) is 0.450. The van der Waals surface area contributed by atoms with Crippen molar-refractivity contribution in [2.75, 3.05) is 11.0 Å². The van der Waals surface area contributed by atoms with Crippen LogP contribution < -0.4 is 4.72 Å². The van der Waals surface area contributed by atoms with Gasteiger partial charge in [-0.1, -0.05) is 11.8 Å². The van der Waals surface area contributed by atoms with E-state index in [-0.39, 0.29) is 21.0 Å². The van der Waals surface area contributed by atoms with Crippen LogP contribution in [0.15, 0.2) is 40.1 Å². The molecular weight excluding hydrogens is 390 g/mol. The van der Waals surface area contributed by atoms with Crippen LogP contribution in [0.2, 0.25) is 0 Å². The van der Waals surface area contributed by atoms with Gasteiger partial charge in [-0.2, -0.15) is 0 Å². The van der Waals surface area contributed by atoms with Gasteiger partial charge in [-0.05, 0) is 25.1 Å². The number of ketones is 1.